The van der Waals surface area contributed by atoms with Gasteiger partial charge in [0.05, 0.1) is 6.54 Å². The molecule has 0 unspecified atom stereocenters. The molecule has 1 aromatic heterocycles. The van der Waals surface area contributed by atoms with Crippen LogP contribution >= 0.6 is 11.3 Å². The van der Waals surface area contributed by atoms with Gasteiger partial charge in [0.25, 0.3) is 0 Å². The van der Waals surface area contributed by atoms with Crippen LogP contribution in [0.4, 0.5) is 0 Å². The predicted octanol–water partition coefficient (Wildman–Crippen LogP) is 3.78. The summed E-state index contributed by atoms with van der Waals surface area (Å²) in [4.78, 5) is 8.89. The third-order valence-corrected chi connectivity index (χ3v) is 6.19. The summed E-state index contributed by atoms with van der Waals surface area (Å²) in [5.74, 6) is 0.854. The van der Waals surface area contributed by atoms with E-state index >= 15 is 0 Å². The molecule has 0 bridgehead atoms. The summed E-state index contributed by atoms with van der Waals surface area (Å²) in [5.41, 5.74) is 1.13. The lowest BCUT2D eigenvalue weighted by atomic mass is 9.94. The molecule has 0 radical (unpaired) electrons. The van der Waals surface area contributed by atoms with Gasteiger partial charge in [-0.2, -0.15) is 0 Å². The van der Waals surface area contributed by atoms with Crippen LogP contribution in [0.25, 0.3) is 0 Å². The topological polar surface area (TPSA) is 48.8 Å². The first-order chi connectivity index (χ1) is 13.6. The Balaban J connectivity index is 1.48. The molecule has 0 aliphatic heterocycles. The molecule has 0 saturated heterocycles. The number of aliphatic hydroxyl groups excluding tert-OH is 1. The zero-order chi connectivity index (χ0) is 19.8. The lowest BCUT2D eigenvalue weighted by Crippen LogP contribution is -2.40. The summed E-state index contributed by atoms with van der Waals surface area (Å²) in [6, 6.07) is 8.71. The second kappa shape index (κ2) is 10.9. The summed E-state index contributed by atoms with van der Waals surface area (Å²) in [5, 5.41) is 13.6. The molecule has 3 rings (SSSR count). The largest absolute Gasteiger partial charge is 0.491 e. The number of aliphatic hydroxyl groups is 1. The molecule has 154 valence electrons. The van der Waals surface area contributed by atoms with Gasteiger partial charge < -0.3 is 14.7 Å². The lowest BCUT2D eigenvalue weighted by Gasteiger charge is -2.32. The molecule has 2 aromatic rings. The van der Waals surface area contributed by atoms with E-state index in [1.807, 2.05) is 29.8 Å². The zero-order valence-corrected chi connectivity index (χ0v) is 17.9. The van der Waals surface area contributed by atoms with E-state index in [1.54, 1.807) is 11.3 Å². The van der Waals surface area contributed by atoms with Gasteiger partial charge >= 0.3 is 0 Å². The van der Waals surface area contributed by atoms with Crippen molar-refractivity contribution in [2.24, 2.45) is 0 Å². The van der Waals surface area contributed by atoms with Crippen LogP contribution in [0.5, 0.6) is 5.75 Å². The molecular formula is C22H33N3O2S. The highest BCUT2D eigenvalue weighted by atomic mass is 32.1. The van der Waals surface area contributed by atoms with Crippen LogP contribution in [-0.2, 0) is 13.1 Å². The number of benzene rings is 1. The Labute approximate surface area is 173 Å². The van der Waals surface area contributed by atoms with E-state index in [4.69, 9.17) is 4.74 Å². The highest BCUT2D eigenvalue weighted by Gasteiger charge is 2.20. The number of hydrogen-bond acceptors (Lipinski definition) is 6. The maximum atomic E-state index is 10.5. The second-order valence-electron chi connectivity index (χ2n) is 7.90. The number of nitrogens with zero attached hydrogens (tertiary/aromatic N) is 3. The van der Waals surface area contributed by atoms with Crippen molar-refractivity contribution in [1.82, 2.24) is 14.8 Å². The third kappa shape index (κ3) is 6.55. The van der Waals surface area contributed by atoms with Gasteiger partial charge in [0.15, 0.2) is 0 Å². The fourth-order valence-electron chi connectivity index (χ4n) is 3.93. The number of likely N-dealkylation sites (N-methyl/N-ethyl adjacent to an activating group) is 1. The Bertz CT molecular complexity index is 689. The summed E-state index contributed by atoms with van der Waals surface area (Å²) >= 11 is 1.68. The minimum absolute atomic E-state index is 0.324. The minimum Gasteiger partial charge on any atom is -0.491 e. The van der Waals surface area contributed by atoms with E-state index in [1.165, 1.54) is 32.1 Å². The molecule has 1 aromatic carbocycles. The Hall–Kier alpha value is -1.47. The standard InChI is InChI=1S/C22H33N3O2S/c1-24(16-22-23-12-13-28-22)14-18-8-6-7-11-21(18)27-17-20(26)15-25(2)19-9-4-3-5-10-19/h6-8,11-13,19-20,26H,3-5,9-10,14-17H2,1-2H3/t20-/m0/s1. The smallest absolute Gasteiger partial charge is 0.123 e. The predicted molar refractivity (Wildman–Crippen MR) is 115 cm³/mol. The summed E-state index contributed by atoms with van der Waals surface area (Å²) in [6.07, 6.45) is 7.83. The molecule has 6 heteroatoms. The number of ether oxygens (including phenoxy) is 1. The fraction of sp³-hybridized carbons (Fsp3) is 0.591. The number of rotatable bonds is 10. The minimum atomic E-state index is -0.479. The van der Waals surface area contributed by atoms with Crippen molar-refractivity contribution in [2.45, 2.75) is 57.3 Å². The lowest BCUT2D eigenvalue weighted by molar-refractivity contribution is 0.0556. The first-order valence-corrected chi connectivity index (χ1v) is 11.2. The van der Waals surface area contributed by atoms with E-state index < -0.39 is 6.10 Å². The number of aromatic nitrogens is 1. The van der Waals surface area contributed by atoms with Crippen LogP contribution in [-0.4, -0.2) is 59.3 Å². The zero-order valence-electron chi connectivity index (χ0n) is 17.1. The van der Waals surface area contributed by atoms with E-state index in [0.717, 1.165) is 29.4 Å². The molecule has 1 saturated carbocycles. The van der Waals surface area contributed by atoms with Gasteiger partial charge in [-0.3, -0.25) is 4.90 Å². The number of thiazole rings is 1. The van der Waals surface area contributed by atoms with E-state index in [0.29, 0.717) is 19.2 Å². The van der Waals surface area contributed by atoms with Crippen molar-refractivity contribution < 1.29 is 9.84 Å². The molecule has 1 fully saturated rings. The normalized spacial score (nSPS) is 16.6. The monoisotopic (exact) mass is 403 g/mol. The number of hydrogen-bond donors (Lipinski definition) is 1. The summed E-state index contributed by atoms with van der Waals surface area (Å²) in [6.45, 7) is 2.59. The average Bonchev–Trinajstić information content (AvgIpc) is 3.21. The van der Waals surface area contributed by atoms with E-state index in [-0.39, 0.29) is 0 Å². The molecule has 1 heterocycles. The molecule has 5 nitrogen and oxygen atoms in total. The van der Waals surface area contributed by atoms with Gasteiger partial charge in [0.1, 0.15) is 23.5 Å². The SMILES string of the molecule is CN(Cc1nccs1)Cc1ccccc1OC[C@@H](O)CN(C)C1CCCCC1. The highest BCUT2D eigenvalue weighted by molar-refractivity contribution is 7.09. The average molecular weight is 404 g/mol. The molecule has 1 aliphatic rings. The quantitative estimate of drug-likeness (QED) is 0.654. The molecule has 1 atom stereocenters. The van der Waals surface area contributed by atoms with Gasteiger partial charge in [0.2, 0.25) is 0 Å². The molecule has 1 aliphatic carbocycles. The third-order valence-electron chi connectivity index (χ3n) is 5.43. The van der Waals surface area contributed by atoms with E-state index in [9.17, 15) is 5.11 Å². The van der Waals surface area contributed by atoms with Crippen LogP contribution in [0.3, 0.4) is 0 Å². The van der Waals surface area contributed by atoms with Crippen molar-refractivity contribution >= 4 is 11.3 Å². The fourth-order valence-corrected chi connectivity index (χ4v) is 4.62. The van der Waals surface area contributed by atoms with Gasteiger partial charge in [-0.1, -0.05) is 37.5 Å². The second-order valence-corrected chi connectivity index (χ2v) is 8.88. The van der Waals surface area contributed by atoms with Crippen molar-refractivity contribution in [2.75, 3.05) is 27.2 Å². The molecule has 28 heavy (non-hydrogen) atoms. The van der Waals surface area contributed by atoms with Gasteiger partial charge in [-0.25, -0.2) is 4.98 Å². The maximum Gasteiger partial charge on any atom is 0.123 e. The molecular weight excluding hydrogens is 370 g/mol. The Morgan fingerprint density at radius 3 is 2.71 bits per heavy atom. The van der Waals surface area contributed by atoms with Crippen LogP contribution in [0.1, 0.15) is 42.7 Å². The Morgan fingerprint density at radius 1 is 1.18 bits per heavy atom. The number of para-hydroxylation sites is 1. The molecule has 1 N–H and O–H groups in total. The first-order valence-electron chi connectivity index (χ1n) is 10.3. The maximum absolute atomic E-state index is 10.5. The summed E-state index contributed by atoms with van der Waals surface area (Å²) in [7, 11) is 4.22. The Kier molecular flexibility index (Phi) is 8.27. The summed E-state index contributed by atoms with van der Waals surface area (Å²) < 4.78 is 6.01. The highest BCUT2D eigenvalue weighted by Crippen LogP contribution is 2.23. The first kappa shape index (κ1) is 21.2. The van der Waals surface area contributed by atoms with Crippen LogP contribution in [0, 0.1) is 0 Å². The van der Waals surface area contributed by atoms with Crippen molar-refractivity contribution in [3.63, 3.8) is 0 Å². The van der Waals surface area contributed by atoms with Crippen LogP contribution < -0.4 is 4.74 Å². The van der Waals surface area contributed by atoms with Gasteiger partial charge in [-0.05, 0) is 33.0 Å². The van der Waals surface area contributed by atoms with Crippen molar-refractivity contribution in [1.29, 1.82) is 0 Å². The van der Waals surface area contributed by atoms with Gasteiger partial charge in [-0.15, -0.1) is 11.3 Å². The van der Waals surface area contributed by atoms with Gasteiger partial charge in [0, 0.05) is 36.3 Å². The van der Waals surface area contributed by atoms with Crippen LogP contribution in [0.2, 0.25) is 0 Å². The molecule has 0 spiro atoms. The Morgan fingerprint density at radius 2 is 1.96 bits per heavy atom. The molecule has 0 amide bonds. The van der Waals surface area contributed by atoms with Crippen molar-refractivity contribution in [3.05, 3.63) is 46.4 Å². The van der Waals surface area contributed by atoms with E-state index in [2.05, 4.69) is 34.9 Å². The van der Waals surface area contributed by atoms with Crippen molar-refractivity contribution in [3.8, 4) is 5.75 Å². The van der Waals surface area contributed by atoms with Crippen LogP contribution in [0.15, 0.2) is 35.8 Å².